The SMILES string of the molecule is CCOc1ccc(-n2c(C)cc(/C=C3\C(=O)NC(=S)N(c4ccc(F)c(Cl)c4)C3=O)c2C)cc1. The van der Waals surface area contributed by atoms with Crippen LogP contribution in [0.1, 0.15) is 23.9 Å². The van der Waals surface area contributed by atoms with Crippen LogP contribution in [0.5, 0.6) is 5.75 Å². The number of carbonyl (C=O) groups is 2. The van der Waals surface area contributed by atoms with Crippen molar-refractivity contribution in [2.75, 3.05) is 11.5 Å². The summed E-state index contributed by atoms with van der Waals surface area (Å²) in [4.78, 5) is 27.1. The van der Waals surface area contributed by atoms with E-state index in [0.29, 0.717) is 12.2 Å². The molecule has 1 saturated heterocycles. The lowest BCUT2D eigenvalue weighted by molar-refractivity contribution is -0.122. The van der Waals surface area contributed by atoms with E-state index in [4.69, 9.17) is 28.6 Å². The number of benzene rings is 2. The van der Waals surface area contributed by atoms with Crippen LogP contribution in [-0.4, -0.2) is 28.1 Å². The lowest BCUT2D eigenvalue weighted by Crippen LogP contribution is -2.54. The quantitative estimate of drug-likeness (QED) is 0.302. The first kappa shape index (κ1) is 23.7. The Morgan fingerprint density at radius 1 is 1.09 bits per heavy atom. The van der Waals surface area contributed by atoms with Crippen LogP contribution in [0, 0.1) is 19.7 Å². The maximum Gasteiger partial charge on any atom is 0.270 e. The maximum atomic E-state index is 13.6. The molecule has 9 heteroatoms. The fourth-order valence-electron chi connectivity index (χ4n) is 3.86. The summed E-state index contributed by atoms with van der Waals surface area (Å²) in [6, 6.07) is 13.4. The van der Waals surface area contributed by atoms with Crippen molar-refractivity contribution < 1.29 is 18.7 Å². The van der Waals surface area contributed by atoms with Crippen LogP contribution in [0.15, 0.2) is 54.1 Å². The molecule has 6 nitrogen and oxygen atoms in total. The number of nitrogens with one attached hydrogen (secondary N) is 1. The fraction of sp³-hybridized carbons (Fsp3) is 0.160. The lowest BCUT2D eigenvalue weighted by atomic mass is 10.1. The van der Waals surface area contributed by atoms with Gasteiger partial charge in [-0.15, -0.1) is 0 Å². The van der Waals surface area contributed by atoms with Crippen molar-refractivity contribution in [2.24, 2.45) is 0 Å². The number of nitrogens with zero attached hydrogens (tertiary/aromatic N) is 2. The third-order valence-electron chi connectivity index (χ3n) is 5.44. The van der Waals surface area contributed by atoms with Gasteiger partial charge in [-0.25, -0.2) is 4.39 Å². The first-order valence-electron chi connectivity index (χ1n) is 10.5. The van der Waals surface area contributed by atoms with Crippen molar-refractivity contribution >= 4 is 52.5 Å². The molecule has 174 valence electrons. The van der Waals surface area contributed by atoms with Gasteiger partial charge in [0.1, 0.15) is 17.1 Å². The predicted molar refractivity (Wildman–Crippen MR) is 134 cm³/mol. The van der Waals surface area contributed by atoms with E-state index in [0.717, 1.165) is 33.8 Å². The predicted octanol–water partition coefficient (Wildman–Crippen LogP) is 5.12. The Kier molecular flexibility index (Phi) is 6.54. The third kappa shape index (κ3) is 4.34. The molecule has 2 amide bonds. The summed E-state index contributed by atoms with van der Waals surface area (Å²) in [7, 11) is 0. The molecule has 0 aliphatic carbocycles. The Morgan fingerprint density at radius 3 is 2.41 bits per heavy atom. The zero-order valence-electron chi connectivity index (χ0n) is 18.7. The smallest absolute Gasteiger partial charge is 0.270 e. The third-order valence-corrected chi connectivity index (χ3v) is 6.01. The highest BCUT2D eigenvalue weighted by molar-refractivity contribution is 7.80. The molecule has 0 unspecified atom stereocenters. The van der Waals surface area contributed by atoms with Crippen molar-refractivity contribution in [3.8, 4) is 11.4 Å². The molecule has 0 saturated carbocycles. The summed E-state index contributed by atoms with van der Waals surface area (Å²) in [6.45, 7) is 6.35. The summed E-state index contributed by atoms with van der Waals surface area (Å²) < 4.78 is 21.1. The largest absolute Gasteiger partial charge is 0.494 e. The molecule has 0 radical (unpaired) electrons. The van der Waals surface area contributed by atoms with Gasteiger partial charge in [0.25, 0.3) is 11.8 Å². The number of hydrogen-bond donors (Lipinski definition) is 1. The van der Waals surface area contributed by atoms with E-state index in [1.807, 2.05) is 55.7 Å². The van der Waals surface area contributed by atoms with Gasteiger partial charge in [-0.1, -0.05) is 11.6 Å². The van der Waals surface area contributed by atoms with Crippen molar-refractivity contribution in [3.05, 3.63) is 81.9 Å². The molecular weight excluding hydrogens is 477 g/mol. The number of amides is 2. The summed E-state index contributed by atoms with van der Waals surface area (Å²) in [5, 5.41) is 2.27. The van der Waals surface area contributed by atoms with E-state index in [2.05, 4.69) is 5.32 Å². The van der Waals surface area contributed by atoms with Crippen LogP contribution >= 0.6 is 23.8 Å². The van der Waals surface area contributed by atoms with Crippen LogP contribution in [-0.2, 0) is 9.59 Å². The summed E-state index contributed by atoms with van der Waals surface area (Å²) in [5.41, 5.74) is 3.56. The first-order chi connectivity index (χ1) is 16.2. The Hall–Kier alpha value is -3.49. The van der Waals surface area contributed by atoms with Crippen molar-refractivity contribution in [3.63, 3.8) is 0 Å². The van der Waals surface area contributed by atoms with Crippen LogP contribution in [0.25, 0.3) is 11.8 Å². The number of aromatic nitrogens is 1. The van der Waals surface area contributed by atoms with Gasteiger partial charge in [-0.3, -0.25) is 19.8 Å². The average molecular weight is 498 g/mol. The van der Waals surface area contributed by atoms with E-state index in [9.17, 15) is 14.0 Å². The van der Waals surface area contributed by atoms with Gasteiger partial charge in [0.15, 0.2) is 5.11 Å². The number of ether oxygens (including phenoxy) is 1. The number of hydrogen-bond acceptors (Lipinski definition) is 4. The Bertz CT molecular complexity index is 1350. The normalized spacial score (nSPS) is 15.1. The summed E-state index contributed by atoms with van der Waals surface area (Å²) in [6.07, 6.45) is 1.53. The van der Waals surface area contributed by atoms with E-state index in [1.165, 1.54) is 18.2 Å². The lowest BCUT2D eigenvalue weighted by Gasteiger charge is -2.29. The number of halogens is 2. The molecular formula is C25H21ClFN3O3S. The zero-order chi connectivity index (χ0) is 24.6. The van der Waals surface area contributed by atoms with E-state index in [1.54, 1.807) is 0 Å². The minimum atomic E-state index is -0.623. The molecule has 1 aliphatic heterocycles. The van der Waals surface area contributed by atoms with Gasteiger partial charge in [-0.2, -0.15) is 0 Å². The van der Waals surface area contributed by atoms with E-state index < -0.39 is 17.6 Å². The van der Waals surface area contributed by atoms with Gasteiger partial charge >= 0.3 is 0 Å². The number of thiocarbonyl (C=S) groups is 1. The van der Waals surface area contributed by atoms with Gasteiger partial charge in [0, 0.05) is 17.1 Å². The van der Waals surface area contributed by atoms with Crippen molar-refractivity contribution in [2.45, 2.75) is 20.8 Å². The number of carbonyl (C=O) groups excluding carboxylic acids is 2. The molecule has 2 aromatic carbocycles. The van der Waals surface area contributed by atoms with Crippen LogP contribution in [0.4, 0.5) is 10.1 Å². The monoisotopic (exact) mass is 497 g/mol. The van der Waals surface area contributed by atoms with Crippen LogP contribution < -0.4 is 15.0 Å². The molecule has 1 aliphatic rings. The topological polar surface area (TPSA) is 63.6 Å². The minimum absolute atomic E-state index is 0.0963. The molecule has 1 fully saturated rings. The number of anilines is 1. The molecule has 4 rings (SSSR count). The van der Waals surface area contributed by atoms with Gasteiger partial charge in [-0.05, 0) is 93.2 Å². The van der Waals surface area contributed by atoms with E-state index >= 15 is 0 Å². The van der Waals surface area contributed by atoms with Gasteiger partial charge in [0.2, 0.25) is 0 Å². The summed E-state index contributed by atoms with van der Waals surface area (Å²) >= 11 is 11.1. The second-order valence-corrected chi connectivity index (χ2v) is 8.44. The second kappa shape index (κ2) is 9.40. The maximum absolute atomic E-state index is 13.6. The highest BCUT2D eigenvalue weighted by Gasteiger charge is 2.35. The minimum Gasteiger partial charge on any atom is -0.494 e. The molecule has 0 atom stereocenters. The number of rotatable bonds is 5. The highest BCUT2D eigenvalue weighted by atomic mass is 35.5. The van der Waals surface area contributed by atoms with Crippen LogP contribution in [0.3, 0.4) is 0 Å². The standard InChI is InChI=1S/C25H21ClFN3O3S/c1-4-33-19-8-5-17(6-9-19)29-14(2)11-16(15(29)3)12-20-23(31)28-25(34)30(24(20)32)18-7-10-22(27)21(26)13-18/h5-13H,4H2,1-3H3,(H,28,31,34)/b20-12+. The molecule has 1 N–H and O–H groups in total. The molecule has 3 aromatic rings. The number of aryl methyl sites for hydroxylation is 1. The molecule has 34 heavy (non-hydrogen) atoms. The van der Waals surface area contributed by atoms with Crippen LogP contribution in [0.2, 0.25) is 5.02 Å². The Morgan fingerprint density at radius 2 is 1.76 bits per heavy atom. The Labute approximate surface area is 206 Å². The first-order valence-corrected chi connectivity index (χ1v) is 11.3. The molecule has 1 aromatic heterocycles. The fourth-order valence-corrected chi connectivity index (χ4v) is 4.32. The highest BCUT2D eigenvalue weighted by Crippen LogP contribution is 2.28. The average Bonchev–Trinajstić information content (AvgIpc) is 3.07. The van der Waals surface area contributed by atoms with Crippen molar-refractivity contribution in [1.82, 2.24) is 9.88 Å². The molecule has 0 bridgehead atoms. The second-order valence-electron chi connectivity index (χ2n) is 7.65. The zero-order valence-corrected chi connectivity index (χ0v) is 20.3. The van der Waals surface area contributed by atoms with Crippen molar-refractivity contribution in [1.29, 1.82) is 0 Å². The molecule has 2 heterocycles. The van der Waals surface area contributed by atoms with Gasteiger partial charge < -0.3 is 9.30 Å². The summed E-state index contributed by atoms with van der Waals surface area (Å²) in [5.74, 6) is -1.08. The van der Waals surface area contributed by atoms with E-state index in [-0.39, 0.29) is 21.4 Å². The molecule has 0 spiro atoms. The Balaban J connectivity index is 1.72. The van der Waals surface area contributed by atoms with Gasteiger partial charge in [0.05, 0.1) is 17.3 Å².